The van der Waals surface area contributed by atoms with Gasteiger partial charge in [-0.25, -0.2) is 4.79 Å². The molecular formula is C12H8F3N3O2S. The number of thiophene rings is 1. The number of nitrogens with zero attached hydrogens (tertiary/aromatic N) is 1. The zero-order valence-corrected chi connectivity index (χ0v) is 11.0. The molecule has 0 radical (unpaired) electrons. The van der Waals surface area contributed by atoms with E-state index in [4.69, 9.17) is 0 Å². The van der Waals surface area contributed by atoms with Crippen molar-refractivity contribution in [2.45, 2.75) is 12.1 Å². The van der Waals surface area contributed by atoms with E-state index in [1.54, 1.807) is 17.5 Å². The van der Waals surface area contributed by atoms with Crippen LogP contribution in [0.3, 0.4) is 0 Å². The van der Waals surface area contributed by atoms with Gasteiger partial charge in [0.2, 0.25) is 0 Å². The number of nitrogens with one attached hydrogen (secondary N) is 2. The SMILES string of the molecule is O=C(O)C1=C(C(F)(F)F)Nc2n[nH]cc2C1c1cccs1. The number of hydrogen-bond acceptors (Lipinski definition) is 4. The fourth-order valence-electron chi connectivity index (χ4n) is 2.31. The molecule has 1 aliphatic heterocycles. The minimum Gasteiger partial charge on any atom is -0.478 e. The maximum Gasteiger partial charge on any atom is 0.431 e. The molecule has 9 heteroatoms. The van der Waals surface area contributed by atoms with Crippen LogP contribution in [-0.2, 0) is 4.79 Å². The molecule has 0 amide bonds. The van der Waals surface area contributed by atoms with Gasteiger partial charge in [0.05, 0.1) is 11.5 Å². The molecule has 5 nitrogen and oxygen atoms in total. The van der Waals surface area contributed by atoms with Gasteiger partial charge in [0.25, 0.3) is 0 Å². The maximum absolute atomic E-state index is 13.1. The molecule has 3 N–H and O–H groups in total. The number of aromatic nitrogens is 2. The maximum atomic E-state index is 13.1. The van der Waals surface area contributed by atoms with Gasteiger partial charge in [-0.05, 0) is 11.4 Å². The van der Waals surface area contributed by atoms with Crippen LogP contribution in [0.25, 0.3) is 0 Å². The molecule has 3 rings (SSSR count). The first-order chi connectivity index (χ1) is 9.89. The van der Waals surface area contributed by atoms with Crippen LogP contribution < -0.4 is 5.32 Å². The molecular weight excluding hydrogens is 307 g/mol. The van der Waals surface area contributed by atoms with Crippen LogP contribution in [0.1, 0.15) is 16.4 Å². The van der Waals surface area contributed by atoms with Crippen LogP contribution in [0.4, 0.5) is 19.0 Å². The molecule has 0 aromatic carbocycles. The Balaban J connectivity index is 2.27. The molecule has 1 unspecified atom stereocenters. The summed E-state index contributed by atoms with van der Waals surface area (Å²) < 4.78 is 39.4. The number of carboxylic acid groups (broad SMARTS) is 1. The first kappa shape index (κ1) is 13.7. The van der Waals surface area contributed by atoms with Crippen molar-refractivity contribution in [1.29, 1.82) is 0 Å². The van der Waals surface area contributed by atoms with E-state index in [9.17, 15) is 23.1 Å². The lowest BCUT2D eigenvalue weighted by molar-refractivity contribution is -0.134. The summed E-state index contributed by atoms with van der Waals surface area (Å²) in [6.07, 6.45) is -3.40. The van der Waals surface area contributed by atoms with E-state index in [1.165, 1.54) is 17.5 Å². The summed E-state index contributed by atoms with van der Waals surface area (Å²) in [4.78, 5) is 11.9. The average molecular weight is 315 g/mol. The van der Waals surface area contributed by atoms with E-state index in [0.717, 1.165) is 0 Å². The summed E-state index contributed by atoms with van der Waals surface area (Å²) in [6.45, 7) is 0. The second-order valence-electron chi connectivity index (χ2n) is 4.35. The highest BCUT2D eigenvalue weighted by molar-refractivity contribution is 7.10. The fraction of sp³-hybridized carbons (Fsp3) is 0.167. The number of anilines is 1. The van der Waals surface area contributed by atoms with Gasteiger partial charge < -0.3 is 10.4 Å². The van der Waals surface area contributed by atoms with Crippen molar-refractivity contribution >= 4 is 23.1 Å². The summed E-state index contributed by atoms with van der Waals surface area (Å²) in [5.74, 6) is -2.63. The summed E-state index contributed by atoms with van der Waals surface area (Å²) in [5.41, 5.74) is -1.63. The first-order valence-electron chi connectivity index (χ1n) is 5.78. The Bertz CT molecular complexity index is 718. The highest BCUT2D eigenvalue weighted by Gasteiger charge is 2.46. The third-order valence-corrected chi connectivity index (χ3v) is 4.06. The normalized spacial score (nSPS) is 18.3. The van der Waals surface area contributed by atoms with Gasteiger partial charge in [-0.15, -0.1) is 11.3 Å². The molecule has 0 spiro atoms. The second-order valence-corrected chi connectivity index (χ2v) is 5.33. The number of carbonyl (C=O) groups is 1. The zero-order chi connectivity index (χ0) is 15.2. The van der Waals surface area contributed by atoms with Gasteiger partial charge in [0.15, 0.2) is 5.82 Å². The molecule has 0 bridgehead atoms. The van der Waals surface area contributed by atoms with E-state index < -0.39 is 29.3 Å². The smallest absolute Gasteiger partial charge is 0.431 e. The number of aliphatic carboxylic acids is 1. The number of hydrogen-bond donors (Lipinski definition) is 3. The predicted molar refractivity (Wildman–Crippen MR) is 69.1 cm³/mol. The van der Waals surface area contributed by atoms with Crippen molar-refractivity contribution < 1.29 is 23.1 Å². The molecule has 1 aliphatic rings. The minimum absolute atomic E-state index is 0.00859. The molecule has 0 aliphatic carbocycles. The Morgan fingerprint density at radius 3 is 2.76 bits per heavy atom. The third-order valence-electron chi connectivity index (χ3n) is 3.12. The zero-order valence-electron chi connectivity index (χ0n) is 10.2. The Morgan fingerprint density at radius 2 is 2.19 bits per heavy atom. The number of rotatable bonds is 2. The highest BCUT2D eigenvalue weighted by atomic mass is 32.1. The van der Waals surface area contributed by atoms with Crippen LogP contribution in [0.2, 0.25) is 0 Å². The van der Waals surface area contributed by atoms with Gasteiger partial charge in [0.1, 0.15) is 5.70 Å². The topological polar surface area (TPSA) is 78.0 Å². The van der Waals surface area contributed by atoms with Gasteiger partial charge in [0, 0.05) is 16.6 Å². The summed E-state index contributed by atoms with van der Waals surface area (Å²) >= 11 is 1.20. The monoisotopic (exact) mass is 315 g/mol. The van der Waals surface area contributed by atoms with E-state index in [-0.39, 0.29) is 5.82 Å². The van der Waals surface area contributed by atoms with Crippen LogP contribution in [0.15, 0.2) is 35.0 Å². The lowest BCUT2D eigenvalue weighted by atomic mass is 9.87. The van der Waals surface area contributed by atoms with Gasteiger partial charge in [-0.1, -0.05) is 6.07 Å². The molecule has 0 fully saturated rings. The average Bonchev–Trinajstić information content (AvgIpc) is 3.06. The van der Waals surface area contributed by atoms with Crippen LogP contribution in [0.5, 0.6) is 0 Å². The number of allylic oxidation sites excluding steroid dienone is 1. The largest absolute Gasteiger partial charge is 0.478 e. The van der Waals surface area contributed by atoms with Gasteiger partial charge in [-0.2, -0.15) is 18.3 Å². The Morgan fingerprint density at radius 1 is 1.43 bits per heavy atom. The summed E-state index contributed by atoms with van der Waals surface area (Å²) in [5, 5.41) is 19.2. The Labute approximate surface area is 120 Å². The molecule has 2 aromatic rings. The number of H-pyrrole nitrogens is 1. The quantitative estimate of drug-likeness (QED) is 0.796. The number of halogens is 3. The van der Waals surface area contributed by atoms with E-state index in [2.05, 4.69) is 15.5 Å². The van der Waals surface area contributed by atoms with Crippen molar-refractivity contribution in [3.05, 3.63) is 45.4 Å². The van der Waals surface area contributed by atoms with Crippen molar-refractivity contribution in [1.82, 2.24) is 10.2 Å². The highest BCUT2D eigenvalue weighted by Crippen LogP contribution is 2.45. The third kappa shape index (κ3) is 2.19. The van der Waals surface area contributed by atoms with E-state index in [1.807, 2.05) is 0 Å². The molecule has 0 saturated carbocycles. The number of fused-ring (bicyclic) bond motifs is 1. The van der Waals surface area contributed by atoms with Crippen molar-refractivity contribution in [2.75, 3.05) is 5.32 Å². The Hall–Kier alpha value is -2.29. The second kappa shape index (κ2) is 4.62. The van der Waals surface area contributed by atoms with Crippen molar-refractivity contribution in [2.24, 2.45) is 0 Å². The van der Waals surface area contributed by atoms with E-state index in [0.29, 0.717) is 10.4 Å². The van der Waals surface area contributed by atoms with E-state index >= 15 is 0 Å². The molecule has 110 valence electrons. The number of carboxylic acids is 1. The molecule has 0 saturated heterocycles. The number of aromatic amines is 1. The van der Waals surface area contributed by atoms with Crippen LogP contribution in [0, 0.1) is 0 Å². The predicted octanol–water partition coefficient (Wildman–Crippen LogP) is 2.93. The lowest BCUT2D eigenvalue weighted by Gasteiger charge is -2.27. The lowest BCUT2D eigenvalue weighted by Crippen LogP contribution is -2.30. The minimum atomic E-state index is -4.81. The van der Waals surface area contributed by atoms with Crippen LogP contribution >= 0.6 is 11.3 Å². The van der Waals surface area contributed by atoms with Gasteiger partial charge in [-0.3, -0.25) is 5.10 Å². The van der Waals surface area contributed by atoms with Gasteiger partial charge >= 0.3 is 12.1 Å². The van der Waals surface area contributed by atoms with Crippen LogP contribution in [-0.4, -0.2) is 27.4 Å². The summed E-state index contributed by atoms with van der Waals surface area (Å²) in [6, 6.07) is 3.27. The fourth-order valence-corrected chi connectivity index (χ4v) is 3.16. The summed E-state index contributed by atoms with van der Waals surface area (Å²) in [7, 11) is 0. The number of alkyl halides is 3. The molecule has 1 atom stereocenters. The standard InChI is InChI=1S/C12H8F3N3O2S/c13-12(14,15)9-8(11(19)20)7(6-2-1-3-21-6)5-4-16-18-10(5)17-9/h1-4,7H,(H,19,20)(H2,16,17,18). The molecule has 2 aromatic heterocycles. The Kier molecular flexibility index (Phi) is 3.01. The van der Waals surface area contributed by atoms with Crippen molar-refractivity contribution in [3.8, 4) is 0 Å². The first-order valence-corrected chi connectivity index (χ1v) is 6.66. The van der Waals surface area contributed by atoms with Crippen molar-refractivity contribution in [3.63, 3.8) is 0 Å². The molecule has 3 heterocycles. The molecule has 21 heavy (non-hydrogen) atoms.